The number of aliphatic hydroxyl groups excluding tert-OH is 1. The highest BCUT2D eigenvalue weighted by molar-refractivity contribution is 6.21. The fraction of sp³-hybridized carbons (Fsp3) is 0.104. The van der Waals surface area contributed by atoms with Crippen LogP contribution in [0.15, 0.2) is 182 Å². The van der Waals surface area contributed by atoms with E-state index >= 15 is 0 Å². The number of Topliss-reactive ketones (excluding diaryl/α,β-unsaturated/α-hetero) is 1. The Morgan fingerprint density at radius 2 is 0.891 bits per heavy atom. The first-order valence-corrected chi connectivity index (χ1v) is 17.9. The molecule has 4 radical (unpaired) electrons. The number of phenolic OH excluding ortho intramolecular Hbond substituents is 3. The standard InChI is InChI=1S/C48H40B2O5/c1-4-37(14-5-31(2)51)47(49,40-19-25-43(53)26-20-40)38-15-10-35(11-16-38)46(34-8-6-33(7-9-34)32(3)52)36-12-17-39(18-13-36)48(50,41-21-27-44(54)28-22-41)42-23-29-45(55)30-24-42/h4-30,46,51,53-55H,2H2,1,3H3/b14-5-,37-4+. The van der Waals surface area contributed by atoms with Gasteiger partial charge in [0.25, 0.3) is 0 Å². The van der Waals surface area contributed by atoms with Gasteiger partial charge >= 0.3 is 0 Å². The molecule has 0 aliphatic rings. The topological polar surface area (TPSA) is 98.0 Å². The summed E-state index contributed by atoms with van der Waals surface area (Å²) in [5, 5.41) is 37.8. The first kappa shape index (κ1) is 38.3. The zero-order valence-corrected chi connectivity index (χ0v) is 30.7. The maximum absolute atomic E-state index is 12.2. The Bertz CT molecular complexity index is 2300. The Labute approximate surface area is 325 Å². The number of rotatable bonds is 12. The quantitative estimate of drug-likeness (QED) is 0.0332. The molecule has 0 amide bonds. The summed E-state index contributed by atoms with van der Waals surface area (Å²) in [7, 11) is 14.6. The first-order valence-electron chi connectivity index (χ1n) is 17.9. The van der Waals surface area contributed by atoms with Crippen LogP contribution in [-0.2, 0) is 10.6 Å². The molecule has 0 saturated carbocycles. The smallest absolute Gasteiger partial charge is 0.159 e. The van der Waals surface area contributed by atoms with Gasteiger partial charge in [-0.3, -0.25) is 4.79 Å². The van der Waals surface area contributed by atoms with Gasteiger partial charge in [0.05, 0.1) is 15.7 Å². The van der Waals surface area contributed by atoms with Crippen LogP contribution in [0.3, 0.4) is 0 Å². The van der Waals surface area contributed by atoms with Gasteiger partial charge in [0.15, 0.2) is 5.78 Å². The van der Waals surface area contributed by atoms with Crippen molar-refractivity contribution in [3.63, 3.8) is 0 Å². The second kappa shape index (κ2) is 15.9. The SMILES string of the molecule is [B]C(C(/C=C\C(=C)O)=C/C)(c1ccc(O)cc1)c1ccc(C(c2ccc(C(C)=O)cc2)c2ccc(C([B])(c3ccc(O)cc3)c3ccc(O)cc3)cc2)cc1. The van der Waals surface area contributed by atoms with E-state index in [0.717, 1.165) is 44.5 Å². The molecule has 6 aromatic carbocycles. The first-order chi connectivity index (χ1) is 26.3. The molecular weight excluding hydrogens is 678 g/mol. The van der Waals surface area contributed by atoms with Crippen molar-refractivity contribution in [2.75, 3.05) is 0 Å². The van der Waals surface area contributed by atoms with Gasteiger partial charge in [0, 0.05) is 22.1 Å². The van der Waals surface area contributed by atoms with Crippen LogP contribution in [0.1, 0.15) is 74.6 Å². The summed E-state index contributed by atoms with van der Waals surface area (Å²) in [6, 6.07) is 44.1. The van der Waals surface area contributed by atoms with E-state index in [1.807, 2.05) is 85.8 Å². The Hall–Kier alpha value is -6.46. The molecule has 2 atom stereocenters. The highest BCUT2D eigenvalue weighted by Gasteiger charge is 2.33. The van der Waals surface area contributed by atoms with Crippen molar-refractivity contribution in [2.45, 2.75) is 30.4 Å². The Kier molecular flexibility index (Phi) is 11.0. The third-order valence-electron chi connectivity index (χ3n) is 10.2. The largest absolute Gasteiger partial charge is 0.509 e. The lowest BCUT2D eigenvalue weighted by Gasteiger charge is -2.34. The van der Waals surface area contributed by atoms with E-state index in [1.165, 1.54) is 6.08 Å². The van der Waals surface area contributed by atoms with E-state index in [4.69, 9.17) is 15.7 Å². The van der Waals surface area contributed by atoms with Gasteiger partial charge in [-0.05, 0) is 106 Å². The third kappa shape index (κ3) is 7.78. The van der Waals surface area contributed by atoms with Crippen molar-refractivity contribution in [2.24, 2.45) is 0 Å². The summed E-state index contributed by atoms with van der Waals surface area (Å²) in [6.45, 7) is 7.00. The normalized spacial score (nSPS) is 13.6. The summed E-state index contributed by atoms with van der Waals surface area (Å²) in [5.41, 5.74) is 8.06. The molecule has 0 aliphatic heterocycles. The molecule has 6 rings (SSSR count). The molecule has 0 aromatic heterocycles. The average molecular weight is 718 g/mol. The van der Waals surface area contributed by atoms with E-state index in [9.17, 15) is 25.2 Å². The lowest BCUT2D eigenvalue weighted by Crippen LogP contribution is -2.30. The fourth-order valence-corrected chi connectivity index (χ4v) is 7.18. The highest BCUT2D eigenvalue weighted by atomic mass is 16.3. The van der Waals surface area contributed by atoms with Crippen LogP contribution in [0, 0.1) is 0 Å². The van der Waals surface area contributed by atoms with Crippen molar-refractivity contribution >= 4 is 21.5 Å². The van der Waals surface area contributed by atoms with Gasteiger partial charge in [-0.2, -0.15) is 0 Å². The monoisotopic (exact) mass is 718 g/mol. The lowest BCUT2D eigenvalue weighted by molar-refractivity contribution is 0.101. The number of hydrogen-bond acceptors (Lipinski definition) is 5. The van der Waals surface area contributed by atoms with Crippen molar-refractivity contribution in [3.05, 3.63) is 232 Å². The summed E-state index contributed by atoms with van der Waals surface area (Å²) < 4.78 is 0. The van der Waals surface area contributed by atoms with Gasteiger partial charge in [0.1, 0.15) is 23.0 Å². The van der Waals surface area contributed by atoms with E-state index in [0.29, 0.717) is 11.1 Å². The fourth-order valence-electron chi connectivity index (χ4n) is 7.18. The maximum Gasteiger partial charge on any atom is 0.159 e. The maximum atomic E-state index is 12.2. The second-order valence-electron chi connectivity index (χ2n) is 13.7. The van der Waals surface area contributed by atoms with Crippen molar-refractivity contribution in [1.29, 1.82) is 0 Å². The molecule has 4 N–H and O–H groups in total. The van der Waals surface area contributed by atoms with Crippen molar-refractivity contribution in [1.82, 2.24) is 0 Å². The number of ketones is 1. The van der Waals surface area contributed by atoms with E-state index in [-0.39, 0.29) is 34.7 Å². The number of allylic oxidation sites excluding steroid dienone is 4. The number of carbonyl (C=O) groups is 1. The van der Waals surface area contributed by atoms with E-state index in [1.54, 1.807) is 85.8 Å². The lowest BCUT2D eigenvalue weighted by atomic mass is 9.55. The summed E-state index contributed by atoms with van der Waals surface area (Å²) in [5.74, 6) is -0.0109. The molecule has 5 nitrogen and oxygen atoms in total. The van der Waals surface area contributed by atoms with E-state index < -0.39 is 10.6 Å². The summed E-state index contributed by atoms with van der Waals surface area (Å²) in [4.78, 5) is 12.2. The molecular formula is C48H40B2O5. The van der Waals surface area contributed by atoms with Gasteiger partial charge in [-0.1, -0.05) is 128 Å². The van der Waals surface area contributed by atoms with Crippen molar-refractivity contribution in [3.8, 4) is 17.2 Å². The van der Waals surface area contributed by atoms with Crippen LogP contribution in [0.25, 0.3) is 0 Å². The minimum absolute atomic E-state index is 0.0216. The zero-order chi connectivity index (χ0) is 39.3. The van der Waals surface area contributed by atoms with Crippen molar-refractivity contribution < 1.29 is 25.2 Å². The van der Waals surface area contributed by atoms with Crippen LogP contribution in [0.2, 0.25) is 0 Å². The molecule has 268 valence electrons. The molecule has 0 aliphatic carbocycles. The number of carbonyl (C=O) groups excluding carboxylic acids is 1. The molecule has 6 aromatic rings. The Balaban J connectivity index is 1.47. The van der Waals surface area contributed by atoms with Crippen LogP contribution in [0.5, 0.6) is 17.2 Å². The van der Waals surface area contributed by atoms with Gasteiger partial charge in [-0.25, -0.2) is 0 Å². The predicted octanol–water partition coefficient (Wildman–Crippen LogP) is 9.63. The van der Waals surface area contributed by atoms with E-state index in [2.05, 4.69) is 6.58 Å². The molecule has 2 unspecified atom stereocenters. The average Bonchev–Trinajstić information content (AvgIpc) is 3.19. The molecule has 0 spiro atoms. The van der Waals surface area contributed by atoms with Gasteiger partial charge in [-0.15, -0.1) is 0 Å². The molecule has 0 fully saturated rings. The third-order valence-corrected chi connectivity index (χ3v) is 10.2. The minimum atomic E-state index is -1.15. The Morgan fingerprint density at radius 3 is 1.24 bits per heavy atom. The molecule has 55 heavy (non-hydrogen) atoms. The molecule has 0 saturated heterocycles. The zero-order valence-electron chi connectivity index (χ0n) is 30.7. The number of benzene rings is 6. The number of hydrogen-bond donors (Lipinski definition) is 4. The number of phenols is 3. The van der Waals surface area contributed by atoms with Crippen LogP contribution >= 0.6 is 0 Å². The highest BCUT2D eigenvalue weighted by Crippen LogP contribution is 2.42. The molecule has 0 bridgehead atoms. The Morgan fingerprint density at radius 1 is 0.564 bits per heavy atom. The van der Waals surface area contributed by atoms with Crippen LogP contribution in [-0.4, -0.2) is 41.9 Å². The summed E-state index contributed by atoms with van der Waals surface area (Å²) >= 11 is 0. The number of aromatic hydroxyl groups is 3. The predicted molar refractivity (Wildman–Crippen MR) is 221 cm³/mol. The van der Waals surface area contributed by atoms with Gasteiger partial charge in [0.2, 0.25) is 0 Å². The summed E-state index contributed by atoms with van der Waals surface area (Å²) in [6.07, 6.45) is 5.11. The minimum Gasteiger partial charge on any atom is -0.509 e. The number of aliphatic hydroxyl groups is 1. The van der Waals surface area contributed by atoms with Gasteiger partial charge < -0.3 is 20.4 Å². The molecule has 0 heterocycles. The second-order valence-corrected chi connectivity index (χ2v) is 13.7. The van der Waals surface area contributed by atoms with Crippen LogP contribution < -0.4 is 0 Å². The molecule has 7 heteroatoms. The van der Waals surface area contributed by atoms with Crippen LogP contribution in [0.4, 0.5) is 0 Å².